The maximum absolute atomic E-state index is 5.74. The Balaban J connectivity index is 2.76. The third-order valence-electron chi connectivity index (χ3n) is 2.60. The second-order valence-corrected chi connectivity index (χ2v) is 4.41. The van der Waals surface area contributed by atoms with Gasteiger partial charge < -0.3 is 11.5 Å². The number of nitrogens with two attached hydrogens (primary N) is 2. The van der Waals surface area contributed by atoms with Gasteiger partial charge in [-0.3, -0.25) is 0 Å². The Morgan fingerprint density at radius 3 is 2.54 bits per heavy atom. The molecule has 1 aliphatic heterocycles. The van der Waals surface area contributed by atoms with Gasteiger partial charge in [0.1, 0.15) is 13.1 Å². The summed E-state index contributed by atoms with van der Waals surface area (Å²) in [5.41, 5.74) is 11.3. The highest BCUT2D eigenvalue weighted by atomic mass is 32.2. The van der Waals surface area contributed by atoms with Crippen molar-refractivity contribution in [1.82, 2.24) is 0 Å². The molecule has 1 unspecified atom stereocenters. The number of rotatable bonds is 4. The van der Waals surface area contributed by atoms with Gasteiger partial charge in [-0.05, 0) is 32.2 Å². The molecule has 76 valence electrons. The molecular formula is C8H19N4S+. The first-order valence-corrected chi connectivity index (χ1v) is 5.65. The Hall–Kier alpha value is -0.260. The van der Waals surface area contributed by atoms with Crippen LogP contribution in [-0.4, -0.2) is 34.8 Å². The summed E-state index contributed by atoms with van der Waals surface area (Å²) in [6.07, 6.45) is 0.983. The van der Waals surface area contributed by atoms with E-state index in [0.717, 1.165) is 24.1 Å². The Labute approximate surface area is 83.9 Å². The highest BCUT2D eigenvalue weighted by Crippen LogP contribution is 2.33. The van der Waals surface area contributed by atoms with Crippen molar-refractivity contribution in [3.8, 4) is 0 Å². The summed E-state index contributed by atoms with van der Waals surface area (Å²) in [4.78, 5) is 0. The van der Waals surface area contributed by atoms with Gasteiger partial charge in [0.15, 0.2) is 5.37 Å². The fourth-order valence-electron chi connectivity index (χ4n) is 1.74. The fourth-order valence-corrected chi connectivity index (χ4v) is 3.02. The molecule has 1 atom stereocenters. The smallest absolute Gasteiger partial charge is 0.219 e. The van der Waals surface area contributed by atoms with Crippen LogP contribution in [0.15, 0.2) is 5.10 Å². The molecule has 4 nitrogen and oxygen atoms in total. The number of hydrogen-bond donors (Lipinski definition) is 2. The Bertz CT molecular complexity index is 200. The van der Waals surface area contributed by atoms with Gasteiger partial charge in [0.25, 0.3) is 0 Å². The summed E-state index contributed by atoms with van der Waals surface area (Å²) in [5, 5.41) is 5.64. The molecule has 0 aromatic heterocycles. The van der Waals surface area contributed by atoms with Crippen molar-refractivity contribution < 1.29 is 4.59 Å². The fraction of sp³-hybridized carbons (Fsp3) is 0.875. The van der Waals surface area contributed by atoms with Gasteiger partial charge in [0.05, 0.1) is 0 Å². The van der Waals surface area contributed by atoms with Crippen LogP contribution >= 0.6 is 11.8 Å². The Morgan fingerprint density at radius 2 is 2.08 bits per heavy atom. The quantitative estimate of drug-likeness (QED) is 0.654. The van der Waals surface area contributed by atoms with Crippen molar-refractivity contribution in [2.24, 2.45) is 16.6 Å². The monoisotopic (exact) mass is 203 g/mol. The summed E-state index contributed by atoms with van der Waals surface area (Å²) in [6, 6.07) is 0. The molecule has 0 fully saturated rings. The van der Waals surface area contributed by atoms with Crippen molar-refractivity contribution in [1.29, 1.82) is 0 Å². The summed E-state index contributed by atoms with van der Waals surface area (Å²) in [6.45, 7) is 7.00. The molecule has 1 rings (SSSR count). The van der Waals surface area contributed by atoms with Gasteiger partial charge >= 0.3 is 0 Å². The van der Waals surface area contributed by atoms with Crippen molar-refractivity contribution in [2.75, 3.05) is 19.6 Å². The van der Waals surface area contributed by atoms with Gasteiger partial charge in [-0.25, -0.2) is 0 Å². The normalized spacial score (nSPS) is 26.1. The first-order valence-electron chi connectivity index (χ1n) is 4.77. The molecule has 0 saturated heterocycles. The zero-order valence-electron chi connectivity index (χ0n) is 8.36. The Kier molecular flexibility index (Phi) is 3.58. The van der Waals surface area contributed by atoms with E-state index in [2.05, 4.69) is 18.9 Å². The minimum Gasteiger partial charge on any atom is -0.374 e. The van der Waals surface area contributed by atoms with Crippen LogP contribution in [0.2, 0.25) is 0 Å². The molecule has 1 aliphatic rings. The van der Waals surface area contributed by atoms with Crippen LogP contribution in [0.3, 0.4) is 0 Å². The van der Waals surface area contributed by atoms with Gasteiger partial charge in [-0.15, -0.1) is 0 Å². The molecule has 0 saturated carbocycles. The lowest BCUT2D eigenvalue weighted by atomic mass is 10.3. The van der Waals surface area contributed by atoms with E-state index in [0.29, 0.717) is 17.1 Å². The van der Waals surface area contributed by atoms with Crippen molar-refractivity contribution in [3.63, 3.8) is 0 Å². The predicted octanol–water partition coefficient (Wildman–Crippen LogP) is 0.494. The first-order chi connectivity index (χ1) is 6.18. The number of thioether (sulfide) groups is 1. The highest BCUT2D eigenvalue weighted by Gasteiger charge is 2.41. The molecule has 0 aromatic carbocycles. The lowest BCUT2D eigenvalue weighted by Gasteiger charge is -2.31. The van der Waals surface area contributed by atoms with E-state index in [1.54, 1.807) is 11.8 Å². The molecule has 0 bridgehead atoms. The standard InChI is InChI=1S/C8H19N4S/c1-3-12(4-2)7(5-6-9)13-8(10)11-12/h7H,3-6,9H2,1-2H3,(H2,10,11)/q+1. The average molecular weight is 203 g/mol. The number of amidine groups is 1. The Morgan fingerprint density at radius 1 is 1.46 bits per heavy atom. The SMILES string of the molecule is CC[N+]1(CC)N=C(N)SC1CCN. The zero-order chi connectivity index (χ0) is 9.90. The molecular weight excluding hydrogens is 184 g/mol. The summed E-state index contributed by atoms with van der Waals surface area (Å²) >= 11 is 1.67. The third-order valence-corrected chi connectivity index (χ3v) is 3.82. The van der Waals surface area contributed by atoms with Crippen molar-refractivity contribution in [3.05, 3.63) is 0 Å². The van der Waals surface area contributed by atoms with Crippen LogP contribution in [0.25, 0.3) is 0 Å². The molecule has 0 aliphatic carbocycles. The maximum atomic E-state index is 5.74. The minimum atomic E-state index is 0.431. The molecule has 0 spiro atoms. The molecule has 5 heteroatoms. The van der Waals surface area contributed by atoms with Crippen LogP contribution < -0.4 is 11.5 Å². The van der Waals surface area contributed by atoms with Crippen LogP contribution in [-0.2, 0) is 0 Å². The maximum Gasteiger partial charge on any atom is 0.219 e. The zero-order valence-corrected chi connectivity index (χ0v) is 9.18. The second-order valence-electron chi connectivity index (χ2n) is 3.21. The van der Waals surface area contributed by atoms with Crippen molar-refractivity contribution >= 4 is 16.9 Å². The lowest BCUT2D eigenvalue weighted by Crippen LogP contribution is -2.47. The summed E-state index contributed by atoms with van der Waals surface area (Å²) in [7, 11) is 0. The van der Waals surface area contributed by atoms with E-state index in [-0.39, 0.29) is 0 Å². The summed E-state index contributed by atoms with van der Waals surface area (Å²) in [5.74, 6) is 0. The molecule has 1 heterocycles. The molecule has 4 N–H and O–H groups in total. The van der Waals surface area contributed by atoms with Crippen molar-refractivity contribution in [2.45, 2.75) is 25.6 Å². The summed E-state index contributed by atoms with van der Waals surface area (Å²) < 4.78 is 0.744. The molecule has 13 heavy (non-hydrogen) atoms. The van der Waals surface area contributed by atoms with Gasteiger partial charge in [-0.2, -0.15) is 4.59 Å². The van der Waals surface area contributed by atoms with E-state index in [9.17, 15) is 0 Å². The van der Waals surface area contributed by atoms with Crippen LogP contribution in [0, 0.1) is 0 Å². The van der Waals surface area contributed by atoms with Crippen LogP contribution in [0.1, 0.15) is 20.3 Å². The van der Waals surface area contributed by atoms with Gasteiger partial charge in [-0.1, -0.05) is 5.10 Å². The number of hydrogen-bond acceptors (Lipinski definition) is 4. The van der Waals surface area contributed by atoms with E-state index >= 15 is 0 Å². The average Bonchev–Trinajstić information content (AvgIpc) is 2.44. The van der Waals surface area contributed by atoms with E-state index < -0.39 is 0 Å². The van der Waals surface area contributed by atoms with E-state index in [1.165, 1.54) is 0 Å². The second kappa shape index (κ2) is 4.30. The van der Waals surface area contributed by atoms with Gasteiger partial charge in [0, 0.05) is 6.42 Å². The molecule has 0 amide bonds. The minimum absolute atomic E-state index is 0.431. The topological polar surface area (TPSA) is 64.4 Å². The molecule has 0 aromatic rings. The number of nitrogens with zero attached hydrogens (tertiary/aromatic N) is 2. The molecule has 0 radical (unpaired) electrons. The third kappa shape index (κ3) is 1.98. The van der Waals surface area contributed by atoms with E-state index in [1.807, 2.05) is 0 Å². The van der Waals surface area contributed by atoms with Crippen LogP contribution in [0.4, 0.5) is 0 Å². The van der Waals surface area contributed by atoms with Crippen LogP contribution in [0.5, 0.6) is 0 Å². The van der Waals surface area contributed by atoms with Gasteiger partial charge in [0.2, 0.25) is 5.17 Å². The largest absolute Gasteiger partial charge is 0.374 e. The lowest BCUT2D eigenvalue weighted by molar-refractivity contribution is -0.938. The number of quaternary nitrogens is 1. The predicted molar refractivity (Wildman–Crippen MR) is 58.0 cm³/mol. The van der Waals surface area contributed by atoms with E-state index in [4.69, 9.17) is 11.5 Å². The highest BCUT2D eigenvalue weighted by molar-refractivity contribution is 8.14. The first kappa shape index (κ1) is 10.8.